The van der Waals surface area contributed by atoms with Gasteiger partial charge in [0.05, 0.1) is 24.3 Å². The first-order chi connectivity index (χ1) is 9.61. The van der Waals surface area contributed by atoms with Crippen LogP contribution in [0.5, 0.6) is 11.5 Å². The Labute approximate surface area is 125 Å². The molecule has 0 aliphatic carbocycles. The molecule has 106 valence electrons. The van der Waals surface area contributed by atoms with Crippen LogP contribution >= 0.6 is 23.4 Å². The third kappa shape index (κ3) is 2.13. The number of amides is 2. The number of ether oxygens (including phenoxy) is 2. The molecule has 1 unspecified atom stereocenters. The molecule has 0 aromatic heterocycles. The summed E-state index contributed by atoms with van der Waals surface area (Å²) in [7, 11) is 1.49. The number of benzene rings is 1. The number of methoxy groups -OCH3 is 1. The number of thioether (sulfide) groups is 1. The number of halogens is 1. The van der Waals surface area contributed by atoms with Gasteiger partial charge in [-0.3, -0.25) is 14.9 Å². The second-order valence-electron chi connectivity index (χ2n) is 4.52. The van der Waals surface area contributed by atoms with E-state index in [1.807, 2.05) is 0 Å². The highest BCUT2D eigenvalue weighted by atomic mass is 35.5. The predicted molar refractivity (Wildman–Crippen MR) is 75.7 cm³/mol. The molecule has 1 atom stereocenters. The lowest BCUT2D eigenvalue weighted by atomic mass is 9.99. The van der Waals surface area contributed by atoms with Gasteiger partial charge in [0.2, 0.25) is 5.91 Å². The van der Waals surface area contributed by atoms with E-state index in [-0.39, 0.29) is 11.1 Å². The average molecular weight is 314 g/mol. The third-order valence-corrected chi connectivity index (χ3v) is 4.57. The molecule has 7 heteroatoms. The number of rotatable bonds is 2. The summed E-state index contributed by atoms with van der Waals surface area (Å²) < 4.78 is 11.0. The monoisotopic (exact) mass is 313 g/mol. The molecule has 20 heavy (non-hydrogen) atoms. The Morgan fingerprint density at radius 3 is 2.95 bits per heavy atom. The number of fused-ring (bicyclic) bond motifs is 1. The van der Waals surface area contributed by atoms with E-state index in [9.17, 15) is 9.59 Å². The summed E-state index contributed by atoms with van der Waals surface area (Å²) >= 11 is 7.14. The van der Waals surface area contributed by atoms with E-state index in [4.69, 9.17) is 21.1 Å². The summed E-state index contributed by atoms with van der Waals surface area (Å²) in [4.78, 5) is 23.3. The van der Waals surface area contributed by atoms with Gasteiger partial charge in [0.1, 0.15) is 16.7 Å². The molecule has 1 N–H and O–H groups in total. The van der Waals surface area contributed by atoms with Crippen molar-refractivity contribution >= 4 is 34.5 Å². The molecular formula is C13H12ClNO4S. The van der Waals surface area contributed by atoms with Crippen molar-refractivity contribution in [2.24, 2.45) is 0 Å². The number of carbonyl (C=O) groups is 2. The van der Waals surface area contributed by atoms with Crippen LogP contribution in [0.25, 0.3) is 0 Å². The molecule has 2 aliphatic rings. The fourth-order valence-corrected chi connectivity index (χ4v) is 3.66. The standard InChI is InChI=1S/C13H12ClNO4S/c1-18-10-7(14)5-6-3-2-4-19-9(6)8(10)11-12(16)15-13(17)20-11/h5,11H,2-4H2,1H3,(H,15,16,17). The van der Waals surface area contributed by atoms with E-state index in [2.05, 4.69) is 5.32 Å². The Kier molecular flexibility index (Phi) is 3.52. The van der Waals surface area contributed by atoms with Gasteiger partial charge >= 0.3 is 0 Å². The SMILES string of the molecule is COc1c(Cl)cc2c(c1C1SC(=O)NC1=O)OCCC2. The largest absolute Gasteiger partial charge is 0.495 e. The summed E-state index contributed by atoms with van der Waals surface area (Å²) in [6, 6.07) is 1.80. The first-order valence-corrected chi connectivity index (χ1v) is 7.41. The van der Waals surface area contributed by atoms with Gasteiger partial charge in [0.25, 0.3) is 5.24 Å². The molecule has 0 saturated carbocycles. The first kappa shape index (κ1) is 13.6. The van der Waals surface area contributed by atoms with Crippen molar-refractivity contribution in [1.82, 2.24) is 5.32 Å². The molecular weight excluding hydrogens is 302 g/mol. The number of carbonyl (C=O) groups excluding carboxylic acids is 2. The number of hydrogen-bond donors (Lipinski definition) is 1. The number of hydrogen-bond acceptors (Lipinski definition) is 5. The van der Waals surface area contributed by atoms with Crippen molar-refractivity contribution in [3.63, 3.8) is 0 Å². The zero-order valence-corrected chi connectivity index (χ0v) is 12.3. The Morgan fingerprint density at radius 1 is 1.50 bits per heavy atom. The average Bonchev–Trinajstić information content (AvgIpc) is 2.75. The minimum atomic E-state index is -0.678. The Bertz CT molecular complexity index is 605. The normalized spacial score (nSPS) is 21.2. The van der Waals surface area contributed by atoms with E-state index >= 15 is 0 Å². The summed E-state index contributed by atoms with van der Waals surface area (Å²) in [5.74, 6) is 0.659. The van der Waals surface area contributed by atoms with Gasteiger partial charge in [-0.25, -0.2) is 0 Å². The maximum atomic E-state index is 11.9. The van der Waals surface area contributed by atoms with Crippen LogP contribution in [-0.2, 0) is 11.2 Å². The van der Waals surface area contributed by atoms with Crippen LogP contribution in [0.15, 0.2) is 6.07 Å². The Hall–Kier alpha value is -1.40. The molecule has 1 aromatic rings. The molecule has 1 saturated heterocycles. The van der Waals surface area contributed by atoms with Crippen LogP contribution < -0.4 is 14.8 Å². The van der Waals surface area contributed by atoms with Gasteiger partial charge < -0.3 is 9.47 Å². The zero-order chi connectivity index (χ0) is 14.3. The number of nitrogens with one attached hydrogen (secondary N) is 1. The smallest absolute Gasteiger partial charge is 0.286 e. The fourth-order valence-electron chi connectivity index (χ4n) is 2.47. The van der Waals surface area contributed by atoms with Gasteiger partial charge in [0.15, 0.2) is 0 Å². The third-order valence-electron chi connectivity index (χ3n) is 3.29. The van der Waals surface area contributed by atoms with E-state index in [1.54, 1.807) is 6.07 Å². The van der Waals surface area contributed by atoms with Crippen molar-refractivity contribution in [3.05, 3.63) is 22.2 Å². The summed E-state index contributed by atoms with van der Waals surface area (Å²) in [6.07, 6.45) is 1.73. The second kappa shape index (κ2) is 5.18. The van der Waals surface area contributed by atoms with Crippen LogP contribution in [-0.4, -0.2) is 24.9 Å². The van der Waals surface area contributed by atoms with Gasteiger partial charge in [-0.1, -0.05) is 11.6 Å². The number of aryl methyl sites for hydroxylation is 1. The van der Waals surface area contributed by atoms with Crippen LogP contribution in [0, 0.1) is 0 Å². The van der Waals surface area contributed by atoms with Crippen LogP contribution in [0.3, 0.4) is 0 Å². The lowest BCUT2D eigenvalue weighted by molar-refractivity contribution is -0.119. The highest BCUT2D eigenvalue weighted by Gasteiger charge is 2.39. The molecule has 0 radical (unpaired) electrons. The lowest BCUT2D eigenvalue weighted by Crippen LogP contribution is -2.22. The minimum Gasteiger partial charge on any atom is -0.495 e. The topological polar surface area (TPSA) is 64.6 Å². The molecule has 2 aliphatic heterocycles. The van der Waals surface area contributed by atoms with Crippen molar-refractivity contribution in [1.29, 1.82) is 0 Å². The molecule has 2 heterocycles. The molecule has 1 aromatic carbocycles. The molecule has 1 fully saturated rings. The molecule has 2 amide bonds. The van der Waals surface area contributed by atoms with E-state index in [1.165, 1.54) is 7.11 Å². The van der Waals surface area contributed by atoms with Gasteiger partial charge in [-0.15, -0.1) is 0 Å². The minimum absolute atomic E-state index is 0.364. The maximum absolute atomic E-state index is 11.9. The van der Waals surface area contributed by atoms with Crippen LogP contribution in [0.4, 0.5) is 4.79 Å². The Balaban J connectivity index is 2.19. The Morgan fingerprint density at radius 2 is 2.30 bits per heavy atom. The maximum Gasteiger partial charge on any atom is 0.286 e. The van der Waals surface area contributed by atoms with Crippen molar-refractivity contribution in [2.75, 3.05) is 13.7 Å². The van der Waals surface area contributed by atoms with Crippen LogP contribution in [0.2, 0.25) is 5.02 Å². The van der Waals surface area contributed by atoms with Gasteiger partial charge in [-0.2, -0.15) is 0 Å². The second-order valence-corrected chi connectivity index (χ2v) is 6.01. The molecule has 0 spiro atoms. The van der Waals surface area contributed by atoms with Gasteiger partial charge in [0, 0.05) is 0 Å². The highest BCUT2D eigenvalue weighted by molar-refractivity contribution is 8.15. The molecule has 5 nitrogen and oxygen atoms in total. The number of imide groups is 1. The van der Waals surface area contributed by atoms with Gasteiger partial charge in [-0.05, 0) is 36.2 Å². The summed E-state index contributed by atoms with van der Waals surface area (Å²) in [5, 5.41) is 1.66. The van der Waals surface area contributed by atoms with Crippen LogP contribution in [0.1, 0.15) is 22.8 Å². The molecule has 0 bridgehead atoms. The summed E-state index contributed by atoms with van der Waals surface area (Å²) in [5.41, 5.74) is 1.51. The summed E-state index contributed by atoms with van der Waals surface area (Å²) in [6.45, 7) is 0.581. The van der Waals surface area contributed by atoms with E-state index in [0.29, 0.717) is 28.7 Å². The van der Waals surface area contributed by atoms with Crippen molar-refractivity contribution < 1.29 is 19.1 Å². The first-order valence-electron chi connectivity index (χ1n) is 6.15. The van der Waals surface area contributed by atoms with Crippen molar-refractivity contribution in [3.8, 4) is 11.5 Å². The van der Waals surface area contributed by atoms with E-state index in [0.717, 1.165) is 30.2 Å². The molecule has 3 rings (SSSR count). The van der Waals surface area contributed by atoms with E-state index < -0.39 is 5.25 Å². The van der Waals surface area contributed by atoms with Crippen molar-refractivity contribution in [2.45, 2.75) is 18.1 Å². The quantitative estimate of drug-likeness (QED) is 0.909. The zero-order valence-electron chi connectivity index (χ0n) is 10.7. The lowest BCUT2D eigenvalue weighted by Gasteiger charge is -2.24. The highest BCUT2D eigenvalue weighted by Crippen LogP contribution is 2.49. The fraction of sp³-hybridized carbons (Fsp3) is 0.385. The predicted octanol–water partition coefficient (Wildman–Crippen LogP) is 2.70.